The molecule has 0 radical (unpaired) electrons. The van der Waals surface area contributed by atoms with Crippen LogP contribution in [-0.2, 0) is 14.3 Å². The van der Waals surface area contributed by atoms with Gasteiger partial charge in [0.15, 0.2) is 4.93 Å². The maximum absolute atomic E-state index is 11.3. The number of β-lactam (4-membered cyclic amide) rings is 1. The number of nitrogens with two attached hydrogens (primary N) is 1. The van der Waals surface area contributed by atoms with E-state index >= 15 is 0 Å². The van der Waals surface area contributed by atoms with Gasteiger partial charge in [0.05, 0.1) is 11.8 Å². The molecule has 8 heteroatoms. The number of rotatable bonds is 2. The summed E-state index contributed by atoms with van der Waals surface area (Å²) in [5, 5.41) is 8.68. The molecular weight excluding hydrogens is 248 g/mol. The van der Waals surface area contributed by atoms with E-state index in [-0.39, 0.29) is 23.4 Å². The van der Waals surface area contributed by atoms with E-state index in [1.807, 2.05) is 0 Å². The van der Waals surface area contributed by atoms with Crippen molar-refractivity contribution in [3.05, 3.63) is 11.8 Å². The van der Waals surface area contributed by atoms with Gasteiger partial charge in [-0.3, -0.25) is 9.69 Å². The Morgan fingerprint density at radius 2 is 2.35 bits per heavy atom. The number of carboxylic acids is 1. The number of fused-ring (bicyclic) bond motifs is 1. The second-order valence-corrected chi connectivity index (χ2v) is 5.40. The van der Waals surface area contributed by atoms with E-state index in [4.69, 9.17) is 15.6 Å². The molecule has 0 saturated carbocycles. The van der Waals surface area contributed by atoms with Crippen molar-refractivity contribution >= 4 is 29.7 Å². The summed E-state index contributed by atoms with van der Waals surface area (Å²) in [5.74, 6) is -1.49. The van der Waals surface area contributed by atoms with E-state index in [0.717, 1.165) is 0 Å². The molecule has 0 aromatic carbocycles. The molecule has 2 heterocycles. The predicted octanol–water partition coefficient (Wildman–Crippen LogP) is 0.0716. The minimum Gasteiger partial charge on any atom is -0.477 e. The van der Waals surface area contributed by atoms with Gasteiger partial charge in [0.1, 0.15) is 5.70 Å². The molecule has 0 aromatic rings. The number of aliphatic carboxylic acids is 1. The van der Waals surface area contributed by atoms with Crippen molar-refractivity contribution in [2.75, 3.05) is 0 Å². The highest BCUT2D eigenvalue weighted by atomic mass is 32.2. The number of carbonyl (C=O) groups is 3. The van der Waals surface area contributed by atoms with Crippen molar-refractivity contribution in [2.45, 2.75) is 23.7 Å². The van der Waals surface area contributed by atoms with Gasteiger partial charge in [-0.25, -0.2) is 9.59 Å². The highest BCUT2D eigenvalue weighted by Crippen LogP contribution is 2.46. The normalized spacial score (nSPS) is 31.1. The number of amides is 2. The Balaban J connectivity index is 2.33. The Hall–Kier alpha value is -1.70. The molecule has 2 amide bonds. The summed E-state index contributed by atoms with van der Waals surface area (Å²) in [6.45, 7) is 1.53. The molecule has 2 aliphatic rings. The first-order chi connectivity index (χ1) is 7.82. The van der Waals surface area contributed by atoms with Crippen LogP contribution in [0.2, 0.25) is 0 Å². The van der Waals surface area contributed by atoms with Crippen LogP contribution < -0.4 is 5.73 Å². The Bertz CT molecular complexity index is 449. The molecule has 3 N–H and O–H groups in total. The van der Waals surface area contributed by atoms with Crippen molar-refractivity contribution in [1.82, 2.24) is 4.90 Å². The molecule has 2 aliphatic heterocycles. The third-order valence-corrected chi connectivity index (χ3v) is 3.78. The number of nitrogens with zero attached hydrogens (tertiary/aromatic N) is 1. The second-order valence-electron chi connectivity index (χ2n) is 3.81. The molecule has 1 saturated heterocycles. The molecule has 92 valence electrons. The second kappa shape index (κ2) is 3.66. The Labute approximate surface area is 101 Å². The molecule has 0 bridgehead atoms. The maximum atomic E-state index is 11.3. The van der Waals surface area contributed by atoms with Crippen LogP contribution in [0.15, 0.2) is 11.8 Å². The molecule has 7 nitrogen and oxygen atoms in total. The summed E-state index contributed by atoms with van der Waals surface area (Å²) >= 11 is 1.18. The minimum atomic E-state index is -1.23. The zero-order valence-electron chi connectivity index (χ0n) is 8.87. The number of carboxylic acid groups (broad SMARTS) is 1. The van der Waals surface area contributed by atoms with Crippen LogP contribution in [0.5, 0.6) is 0 Å². The van der Waals surface area contributed by atoms with Crippen LogP contribution in [0.4, 0.5) is 4.79 Å². The summed E-state index contributed by atoms with van der Waals surface area (Å²) in [7, 11) is 0. The van der Waals surface area contributed by atoms with Crippen molar-refractivity contribution in [1.29, 1.82) is 0 Å². The lowest BCUT2D eigenvalue weighted by Gasteiger charge is -2.46. The summed E-state index contributed by atoms with van der Waals surface area (Å²) in [5.41, 5.74) is 4.75. The fourth-order valence-corrected chi connectivity index (χ4v) is 3.22. The topological polar surface area (TPSA) is 110 Å². The summed E-state index contributed by atoms with van der Waals surface area (Å²) in [6, 6.07) is 0. The van der Waals surface area contributed by atoms with E-state index < -0.39 is 17.0 Å². The monoisotopic (exact) mass is 258 g/mol. The van der Waals surface area contributed by atoms with Gasteiger partial charge >= 0.3 is 12.1 Å². The zero-order chi connectivity index (χ0) is 12.8. The van der Waals surface area contributed by atoms with E-state index in [1.54, 1.807) is 0 Å². The lowest BCUT2D eigenvalue weighted by Crippen LogP contribution is -2.56. The first kappa shape index (κ1) is 11.8. The van der Waals surface area contributed by atoms with Crippen LogP contribution in [0, 0.1) is 0 Å². The number of thioether (sulfide) groups is 1. The van der Waals surface area contributed by atoms with Crippen LogP contribution >= 0.6 is 11.8 Å². The maximum Gasteiger partial charge on any atom is 0.406 e. The molecule has 1 fully saturated rings. The summed E-state index contributed by atoms with van der Waals surface area (Å²) in [4.78, 5) is 33.1. The molecule has 0 aromatic heterocycles. The minimum absolute atomic E-state index is 0.172. The number of primary amides is 1. The van der Waals surface area contributed by atoms with Crippen molar-refractivity contribution < 1.29 is 24.2 Å². The van der Waals surface area contributed by atoms with Gasteiger partial charge in [0.2, 0.25) is 5.91 Å². The zero-order valence-corrected chi connectivity index (χ0v) is 9.69. The standard InChI is InChI=1S/C9H10N2O5S/c1-9(16-8(10)15)3-4(7(13)14)11-5(12)2-6(11)17-9/h3,6H,2H2,1H3,(H2,10,15)(H,13,14)/t6-,9?/m1/s1. The van der Waals surface area contributed by atoms with Crippen LogP contribution in [0.25, 0.3) is 0 Å². The fourth-order valence-electron chi connectivity index (χ4n) is 1.81. The highest BCUT2D eigenvalue weighted by Gasteiger charge is 2.50. The molecular formula is C9H10N2O5S. The Kier molecular flexibility index (Phi) is 2.53. The Morgan fingerprint density at radius 3 is 2.82 bits per heavy atom. The van der Waals surface area contributed by atoms with Gasteiger partial charge in [-0.15, -0.1) is 0 Å². The largest absolute Gasteiger partial charge is 0.477 e. The SMILES string of the molecule is CC1(OC(N)=O)C=C(C(=O)O)N2C(=O)C[C@H]2S1. The molecule has 2 atom stereocenters. The fraction of sp³-hybridized carbons (Fsp3) is 0.444. The quantitative estimate of drug-likeness (QED) is 0.678. The van der Waals surface area contributed by atoms with Crippen LogP contribution in [0.3, 0.4) is 0 Å². The molecule has 0 aliphatic carbocycles. The lowest BCUT2D eigenvalue weighted by molar-refractivity contribution is -0.146. The van der Waals surface area contributed by atoms with Crippen molar-refractivity contribution in [3.63, 3.8) is 0 Å². The first-order valence-electron chi connectivity index (χ1n) is 4.77. The van der Waals surface area contributed by atoms with Crippen molar-refractivity contribution in [3.8, 4) is 0 Å². The third kappa shape index (κ3) is 1.95. The van der Waals surface area contributed by atoms with Gasteiger partial charge in [-0.2, -0.15) is 0 Å². The number of carbonyl (C=O) groups excluding carboxylic acids is 2. The average molecular weight is 258 g/mol. The summed E-state index contributed by atoms with van der Waals surface area (Å²) in [6.07, 6.45) is 0.464. The predicted molar refractivity (Wildman–Crippen MR) is 57.6 cm³/mol. The molecule has 2 rings (SSSR count). The molecule has 17 heavy (non-hydrogen) atoms. The van der Waals surface area contributed by atoms with E-state index in [2.05, 4.69) is 0 Å². The van der Waals surface area contributed by atoms with Gasteiger partial charge in [0, 0.05) is 6.08 Å². The third-order valence-electron chi connectivity index (χ3n) is 2.46. The van der Waals surface area contributed by atoms with Gasteiger partial charge in [-0.1, -0.05) is 11.8 Å². The van der Waals surface area contributed by atoms with Gasteiger partial charge in [0.25, 0.3) is 0 Å². The van der Waals surface area contributed by atoms with Crippen molar-refractivity contribution in [2.24, 2.45) is 5.73 Å². The smallest absolute Gasteiger partial charge is 0.406 e. The molecule has 1 unspecified atom stereocenters. The number of ether oxygens (including phenoxy) is 1. The lowest BCUT2D eigenvalue weighted by atomic mass is 10.1. The number of hydrogen-bond donors (Lipinski definition) is 2. The van der Waals surface area contributed by atoms with E-state index in [9.17, 15) is 14.4 Å². The highest BCUT2D eigenvalue weighted by molar-refractivity contribution is 8.01. The average Bonchev–Trinajstić information content (AvgIpc) is 2.13. The van der Waals surface area contributed by atoms with Gasteiger partial charge in [-0.05, 0) is 6.92 Å². The number of hydrogen-bond acceptors (Lipinski definition) is 5. The summed E-state index contributed by atoms with van der Waals surface area (Å²) < 4.78 is 4.87. The van der Waals surface area contributed by atoms with Gasteiger partial charge < -0.3 is 15.6 Å². The van der Waals surface area contributed by atoms with E-state index in [1.165, 1.54) is 29.7 Å². The van der Waals surface area contributed by atoms with E-state index in [0.29, 0.717) is 0 Å². The first-order valence-corrected chi connectivity index (χ1v) is 5.65. The Morgan fingerprint density at radius 1 is 1.71 bits per heavy atom. The van der Waals surface area contributed by atoms with Crippen LogP contribution in [-0.4, -0.2) is 38.3 Å². The van der Waals surface area contributed by atoms with Crippen LogP contribution in [0.1, 0.15) is 13.3 Å². The molecule has 0 spiro atoms.